The minimum absolute atomic E-state index is 0.316. The highest BCUT2D eigenvalue weighted by molar-refractivity contribution is 6.17. The normalized spacial score (nSPS) is 11.4. The predicted molar refractivity (Wildman–Crippen MR) is 291 cm³/mol. The van der Waals surface area contributed by atoms with Crippen LogP contribution in [-0.4, -0.2) is 23.3 Å². The van der Waals surface area contributed by atoms with Gasteiger partial charge >= 0.3 is 0 Å². The van der Waals surface area contributed by atoms with E-state index in [0.717, 1.165) is 87.2 Å². The lowest BCUT2D eigenvalue weighted by Crippen LogP contribution is -2.17. The summed E-state index contributed by atoms with van der Waals surface area (Å²) < 4.78 is 8.88. The van der Waals surface area contributed by atoms with E-state index in [-0.39, 0.29) is 0 Å². The summed E-state index contributed by atoms with van der Waals surface area (Å²) in [5, 5.41) is 60.9. The Hall–Kier alpha value is -11.2. The first-order valence-corrected chi connectivity index (χ1v) is 23.8. The highest BCUT2D eigenvalue weighted by Gasteiger charge is 2.35. The molecule has 0 fully saturated rings. The quantitative estimate of drug-likeness (QED) is 0.167. The molecule has 74 heavy (non-hydrogen) atoms. The first-order chi connectivity index (χ1) is 36.5. The molecule has 0 saturated carbocycles. The fraction of sp³-hybridized carbons (Fsp3) is 0. The third-order valence-electron chi connectivity index (χ3n) is 14.5. The molecule has 14 aromatic rings. The summed E-state index contributed by atoms with van der Waals surface area (Å²) in [6.07, 6.45) is 1.74. The second-order valence-corrected chi connectivity index (χ2v) is 18.3. The SMILES string of the molecule is N#Cc1ccc2c(c1)c1ccccc1n2-c1c(C#N)c(-c2ccccn2)c(-n2c3ccccc3c3cc(C#N)ccc32)c(-n2c3ccccc3c3cc(C#N)ccc32)c1-n1c2ccccc2c2cc(C#N)ccc21. The van der Waals surface area contributed by atoms with Crippen molar-refractivity contribution in [2.24, 2.45) is 0 Å². The Bertz CT molecular complexity index is 5030. The Morgan fingerprint density at radius 3 is 0.932 bits per heavy atom. The molecule has 0 unspecified atom stereocenters. The largest absolute Gasteiger partial charge is 0.306 e. The van der Waals surface area contributed by atoms with Gasteiger partial charge in [-0.2, -0.15) is 26.3 Å². The lowest BCUT2D eigenvalue weighted by Gasteiger charge is -2.29. The molecule has 0 aliphatic heterocycles. The van der Waals surface area contributed by atoms with E-state index in [1.807, 2.05) is 146 Å². The maximum Gasteiger partial charge on any atom is 0.102 e. The number of hydrogen-bond donors (Lipinski definition) is 0. The van der Waals surface area contributed by atoms with E-state index in [2.05, 4.69) is 91.1 Å². The van der Waals surface area contributed by atoms with Crippen LogP contribution in [0.3, 0.4) is 0 Å². The van der Waals surface area contributed by atoms with Crippen molar-refractivity contribution in [1.82, 2.24) is 23.3 Å². The molecule has 0 bridgehead atoms. The number of para-hydroxylation sites is 4. The summed E-state index contributed by atoms with van der Waals surface area (Å²) in [5.41, 5.74) is 12.3. The number of aromatic nitrogens is 5. The number of nitrogens with zero attached hydrogens (tertiary/aromatic N) is 10. The molecule has 338 valence electrons. The van der Waals surface area contributed by atoms with E-state index < -0.39 is 0 Å². The van der Waals surface area contributed by atoms with E-state index in [1.165, 1.54) is 0 Å². The van der Waals surface area contributed by atoms with E-state index in [0.29, 0.717) is 61.8 Å². The van der Waals surface area contributed by atoms with Gasteiger partial charge in [0.05, 0.1) is 125 Å². The Kier molecular flexibility index (Phi) is 8.97. The van der Waals surface area contributed by atoms with Crippen LogP contribution >= 0.6 is 0 Å². The molecule has 10 heteroatoms. The highest BCUT2D eigenvalue weighted by Crippen LogP contribution is 2.51. The molecule has 0 saturated heterocycles. The van der Waals surface area contributed by atoms with Crippen molar-refractivity contribution in [3.8, 4) is 64.4 Å². The summed E-state index contributed by atoms with van der Waals surface area (Å²) in [6, 6.07) is 73.5. The average molecular weight is 941 g/mol. The minimum Gasteiger partial charge on any atom is -0.306 e. The molecule has 0 radical (unpaired) electrons. The van der Waals surface area contributed by atoms with Crippen LogP contribution in [0, 0.1) is 56.7 Å². The fourth-order valence-electron chi connectivity index (χ4n) is 11.6. The molecule has 0 atom stereocenters. The number of nitriles is 5. The lowest BCUT2D eigenvalue weighted by molar-refractivity contribution is 1.02. The van der Waals surface area contributed by atoms with Crippen LogP contribution in [0.4, 0.5) is 0 Å². The second-order valence-electron chi connectivity index (χ2n) is 18.3. The molecule has 10 nitrogen and oxygen atoms in total. The Balaban J connectivity index is 1.37. The van der Waals surface area contributed by atoms with Crippen molar-refractivity contribution in [3.63, 3.8) is 0 Å². The smallest absolute Gasteiger partial charge is 0.102 e. The van der Waals surface area contributed by atoms with Gasteiger partial charge in [0.25, 0.3) is 0 Å². The number of benzene rings is 9. The monoisotopic (exact) mass is 940 g/mol. The van der Waals surface area contributed by atoms with Gasteiger partial charge in [0.15, 0.2) is 0 Å². The van der Waals surface area contributed by atoms with Gasteiger partial charge in [0.2, 0.25) is 0 Å². The third-order valence-corrected chi connectivity index (χ3v) is 14.5. The Labute approximate surface area is 421 Å². The second kappa shape index (κ2) is 15.9. The molecule has 5 aromatic heterocycles. The van der Waals surface area contributed by atoms with Crippen LogP contribution in [0.25, 0.3) is 121 Å². The van der Waals surface area contributed by atoms with Gasteiger partial charge in [0, 0.05) is 54.9 Å². The first kappa shape index (κ1) is 41.7. The Morgan fingerprint density at radius 1 is 0.284 bits per heavy atom. The topological polar surface area (TPSA) is 152 Å². The fourth-order valence-corrected chi connectivity index (χ4v) is 11.6. The van der Waals surface area contributed by atoms with Gasteiger partial charge in [0.1, 0.15) is 6.07 Å². The minimum atomic E-state index is 0.316. The van der Waals surface area contributed by atoms with Gasteiger partial charge in [-0.1, -0.05) is 78.9 Å². The van der Waals surface area contributed by atoms with Crippen molar-refractivity contribution in [1.29, 1.82) is 26.3 Å². The summed E-state index contributed by atoms with van der Waals surface area (Å²) in [4.78, 5) is 5.13. The zero-order valence-corrected chi connectivity index (χ0v) is 38.9. The third kappa shape index (κ3) is 5.73. The number of rotatable bonds is 5. The average Bonchev–Trinajstić information content (AvgIpc) is 4.19. The summed E-state index contributed by atoms with van der Waals surface area (Å²) >= 11 is 0. The van der Waals surface area contributed by atoms with E-state index >= 15 is 0 Å². The molecular weight excluding hydrogens is 909 g/mol. The molecule has 0 aliphatic rings. The van der Waals surface area contributed by atoms with E-state index in [4.69, 9.17) is 4.98 Å². The van der Waals surface area contributed by atoms with Crippen LogP contribution < -0.4 is 0 Å². The van der Waals surface area contributed by atoms with Crippen molar-refractivity contribution in [2.45, 2.75) is 0 Å². The number of fused-ring (bicyclic) bond motifs is 12. The van der Waals surface area contributed by atoms with Crippen molar-refractivity contribution < 1.29 is 0 Å². The number of hydrogen-bond acceptors (Lipinski definition) is 6. The van der Waals surface area contributed by atoms with Crippen LogP contribution in [-0.2, 0) is 0 Å². The molecule has 5 heterocycles. The molecule has 0 aliphatic carbocycles. The van der Waals surface area contributed by atoms with Crippen LogP contribution in [0.15, 0.2) is 194 Å². The van der Waals surface area contributed by atoms with E-state index in [1.54, 1.807) is 6.20 Å². The highest BCUT2D eigenvalue weighted by atomic mass is 15.1. The summed E-state index contributed by atoms with van der Waals surface area (Å²) in [5.74, 6) is 0. The molecular formula is C64H32N10. The van der Waals surface area contributed by atoms with Crippen LogP contribution in [0.1, 0.15) is 27.8 Å². The van der Waals surface area contributed by atoms with Crippen molar-refractivity contribution in [2.75, 3.05) is 0 Å². The lowest BCUT2D eigenvalue weighted by atomic mass is 9.95. The zero-order chi connectivity index (χ0) is 49.8. The van der Waals surface area contributed by atoms with Crippen molar-refractivity contribution in [3.05, 3.63) is 222 Å². The van der Waals surface area contributed by atoms with E-state index in [9.17, 15) is 26.3 Å². The summed E-state index contributed by atoms with van der Waals surface area (Å²) in [6.45, 7) is 0. The molecule has 0 spiro atoms. The first-order valence-electron chi connectivity index (χ1n) is 23.8. The molecule has 14 rings (SSSR count). The van der Waals surface area contributed by atoms with Gasteiger partial charge in [-0.15, -0.1) is 0 Å². The number of pyridine rings is 1. The van der Waals surface area contributed by atoms with Gasteiger partial charge < -0.3 is 18.3 Å². The molecule has 0 N–H and O–H groups in total. The molecule has 0 amide bonds. The maximum atomic E-state index is 12.5. The maximum absolute atomic E-state index is 12.5. The van der Waals surface area contributed by atoms with Crippen LogP contribution in [0.5, 0.6) is 0 Å². The Morgan fingerprint density at radius 2 is 0.595 bits per heavy atom. The zero-order valence-electron chi connectivity index (χ0n) is 38.9. The van der Waals surface area contributed by atoms with Gasteiger partial charge in [-0.05, 0) is 109 Å². The van der Waals surface area contributed by atoms with Crippen LogP contribution in [0.2, 0.25) is 0 Å². The van der Waals surface area contributed by atoms with Gasteiger partial charge in [-0.3, -0.25) is 4.98 Å². The van der Waals surface area contributed by atoms with Crippen molar-refractivity contribution >= 4 is 87.2 Å². The standard InChI is InChI=1S/C64H32N10/c65-33-38-20-24-56-46(29-38)42-11-1-5-16-52(42)71(56)61-50(37-69)60(51-15-9-10-28-70-51)62(72-53-17-6-2-12-43(53)47-30-39(34-66)21-25-57(47)72)64(74-55-19-8-4-14-45(55)49-32-41(36-68)23-27-59(49)74)63(61)73-54-18-7-3-13-44(54)48-31-40(35-67)22-26-58(48)73/h1-32H. The predicted octanol–water partition coefficient (Wildman–Crippen LogP) is 14.5. The molecule has 9 aromatic carbocycles. The van der Waals surface area contributed by atoms with Gasteiger partial charge in [-0.25, -0.2) is 0 Å². The summed E-state index contributed by atoms with van der Waals surface area (Å²) in [7, 11) is 0.